The van der Waals surface area contributed by atoms with Gasteiger partial charge in [0.05, 0.1) is 25.9 Å². The van der Waals surface area contributed by atoms with Gasteiger partial charge in [0, 0.05) is 46.8 Å². The van der Waals surface area contributed by atoms with Gasteiger partial charge in [-0.05, 0) is 30.0 Å². The summed E-state index contributed by atoms with van der Waals surface area (Å²) in [6.45, 7) is 1.27. The molecule has 1 aromatic carbocycles. The number of amidine groups is 1. The van der Waals surface area contributed by atoms with Gasteiger partial charge in [0.1, 0.15) is 11.9 Å². The number of benzene rings is 1. The molecule has 190 valence electrons. The molecule has 3 aliphatic heterocycles. The Labute approximate surface area is 219 Å². The molecule has 2 saturated heterocycles. The maximum atomic E-state index is 13.9. The predicted molar refractivity (Wildman–Crippen MR) is 133 cm³/mol. The largest absolute Gasteiger partial charge is 0.481 e. The Morgan fingerprint density at radius 2 is 2.22 bits per heavy atom. The first-order valence-electron chi connectivity index (χ1n) is 11.4. The van der Waals surface area contributed by atoms with E-state index in [1.807, 2.05) is 5.38 Å². The summed E-state index contributed by atoms with van der Waals surface area (Å²) < 4.78 is 25.3. The van der Waals surface area contributed by atoms with Crippen molar-refractivity contribution in [2.45, 2.75) is 31.0 Å². The maximum Gasteiger partial charge on any atom is 0.338 e. The van der Waals surface area contributed by atoms with E-state index in [2.05, 4.69) is 31.1 Å². The first-order valence-corrected chi connectivity index (χ1v) is 13.1. The fourth-order valence-corrected chi connectivity index (χ4v) is 6.40. The van der Waals surface area contributed by atoms with E-state index in [-0.39, 0.29) is 24.4 Å². The molecular formula is C24H24BrFN4O5S. The van der Waals surface area contributed by atoms with E-state index in [1.165, 1.54) is 30.6 Å². The first kappa shape index (κ1) is 25.0. The van der Waals surface area contributed by atoms with Crippen LogP contribution in [0.5, 0.6) is 0 Å². The van der Waals surface area contributed by atoms with Crippen molar-refractivity contribution >= 4 is 45.0 Å². The highest BCUT2D eigenvalue weighted by Crippen LogP contribution is 2.40. The fourth-order valence-electron chi connectivity index (χ4n) is 5.24. The zero-order valence-corrected chi connectivity index (χ0v) is 21.7. The Kier molecular flexibility index (Phi) is 7.20. The molecule has 0 radical (unpaired) electrons. The number of nitrogens with one attached hydrogen (secondary N) is 1. The second-order valence-corrected chi connectivity index (χ2v) is 10.7. The molecule has 0 aliphatic carbocycles. The SMILES string of the molecule is COC(=O)C1=C(CN2C3COCC2C(CC(=O)O)C3)NC(c2nccs2)=N[C@H]1c1ccc(F)cc1Br. The molecule has 3 aliphatic rings. The van der Waals surface area contributed by atoms with Crippen LogP contribution in [0, 0.1) is 11.7 Å². The van der Waals surface area contributed by atoms with Gasteiger partial charge in [-0.3, -0.25) is 14.7 Å². The minimum Gasteiger partial charge on any atom is -0.481 e. The number of nitrogens with zero attached hydrogens (tertiary/aromatic N) is 3. The number of halogens is 2. The number of carbonyl (C=O) groups is 2. The number of carboxylic acids is 1. The Bertz CT molecular complexity index is 1240. The monoisotopic (exact) mass is 578 g/mol. The zero-order valence-electron chi connectivity index (χ0n) is 19.3. The van der Waals surface area contributed by atoms with Crippen molar-refractivity contribution in [1.29, 1.82) is 0 Å². The van der Waals surface area contributed by atoms with Crippen molar-refractivity contribution < 1.29 is 28.6 Å². The summed E-state index contributed by atoms with van der Waals surface area (Å²) in [4.78, 5) is 36.0. The van der Waals surface area contributed by atoms with Crippen LogP contribution in [0.2, 0.25) is 0 Å². The number of carboxylic acid groups (broad SMARTS) is 1. The van der Waals surface area contributed by atoms with Crippen molar-refractivity contribution in [1.82, 2.24) is 15.2 Å². The lowest BCUT2D eigenvalue weighted by Gasteiger charge is -2.38. The molecule has 2 fully saturated rings. The highest BCUT2D eigenvalue weighted by Gasteiger charge is 2.46. The number of aliphatic imine (C=N–C) groups is 1. The van der Waals surface area contributed by atoms with Crippen molar-refractivity contribution in [3.63, 3.8) is 0 Å². The number of ether oxygens (including phenoxy) is 2. The molecule has 4 atom stereocenters. The van der Waals surface area contributed by atoms with E-state index in [1.54, 1.807) is 12.3 Å². The highest BCUT2D eigenvalue weighted by atomic mass is 79.9. The van der Waals surface area contributed by atoms with Crippen LogP contribution in [0.1, 0.15) is 29.5 Å². The van der Waals surface area contributed by atoms with Crippen LogP contribution in [0.25, 0.3) is 0 Å². The number of esters is 1. The van der Waals surface area contributed by atoms with Crippen LogP contribution in [0.4, 0.5) is 4.39 Å². The summed E-state index contributed by atoms with van der Waals surface area (Å²) in [6.07, 6.45) is 2.44. The van der Waals surface area contributed by atoms with Crippen LogP contribution in [0.3, 0.4) is 0 Å². The number of hydrogen-bond acceptors (Lipinski definition) is 9. The summed E-state index contributed by atoms with van der Waals surface area (Å²) in [5.41, 5.74) is 1.51. The average molecular weight is 579 g/mol. The van der Waals surface area contributed by atoms with Gasteiger partial charge in [-0.15, -0.1) is 11.3 Å². The number of aliphatic carboxylic acids is 1. The smallest absolute Gasteiger partial charge is 0.338 e. The number of carbonyl (C=O) groups excluding carboxylic acids is 1. The van der Waals surface area contributed by atoms with Gasteiger partial charge in [0.2, 0.25) is 0 Å². The van der Waals surface area contributed by atoms with Gasteiger partial charge in [-0.2, -0.15) is 0 Å². The highest BCUT2D eigenvalue weighted by molar-refractivity contribution is 9.10. The second-order valence-electron chi connectivity index (χ2n) is 8.92. The lowest BCUT2D eigenvalue weighted by atomic mass is 9.94. The first-order chi connectivity index (χ1) is 17.4. The van der Waals surface area contributed by atoms with Crippen LogP contribution in [-0.2, 0) is 19.1 Å². The van der Waals surface area contributed by atoms with Gasteiger partial charge in [0.15, 0.2) is 10.8 Å². The Morgan fingerprint density at radius 1 is 1.39 bits per heavy atom. The maximum absolute atomic E-state index is 13.9. The Morgan fingerprint density at radius 3 is 2.92 bits per heavy atom. The normalized spacial score (nSPS) is 25.9. The molecule has 2 aromatic rings. The van der Waals surface area contributed by atoms with E-state index in [9.17, 15) is 19.1 Å². The molecule has 5 rings (SSSR count). The molecule has 1 aromatic heterocycles. The molecular weight excluding hydrogens is 555 g/mol. The van der Waals surface area contributed by atoms with E-state index in [0.717, 1.165) is 0 Å². The third-order valence-corrected chi connectivity index (χ3v) is 8.28. The van der Waals surface area contributed by atoms with E-state index >= 15 is 0 Å². The molecule has 2 bridgehead atoms. The average Bonchev–Trinajstić information content (AvgIpc) is 3.43. The molecule has 3 unspecified atom stereocenters. The number of rotatable bonds is 7. The molecule has 4 heterocycles. The molecule has 0 spiro atoms. The summed E-state index contributed by atoms with van der Waals surface area (Å²) in [5, 5.41) is 15.2. The van der Waals surface area contributed by atoms with Crippen molar-refractivity contribution in [2.24, 2.45) is 10.9 Å². The number of thiazole rings is 1. The Balaban J connectivity index is 1.58. The van der Waals surface area contributed by atoms with E-state index in [4.69, 9.17) is 14.5 Å². The van der Waals surface area contributed by atoms with Crippen LogP contribution in [0.15, 0.2) is 50.5 Å². The van der Waals surface area contributed by atoms with Crippen molar-refractivity contribution in [3.8, 4) is 0 Å². The third kappa shape index (κ3) is 4.82. The summed E-state index contributed by atoms with van der Waals surface area (Å²) in [5.74, 6) is -1.35. The van der Waals surface area contributed by atoms with Crippen LogP contribution < -0.4 is 5.32 Å². The van der Waals surface area contributed by atoms with Crippen molar-refractivity contribution in [3.05, 3.63) is 61.9 Å². The molecule has 36 heavy (non-hydrogen) atoms. The number of hydrogen-bond donors (Lipinski definition) is 2. The second kappa shape index (κ2) is 10.4. The quantitative estimate of drug-likeness (QED) is 0.482. The van der Waals surface area contributed by atoms with Crippen molar-refractivity contribution in [2.75, 3.05) is 26.9 Å². The standard InChI is InChI=1S/C24H24BrFN4O5S/c1-34-24(33)20-17(9-30-14-6-12(7-19(31)32)18(30)11-35-10-14)28-22(23-27-4-5-36-23)29-21(20)15-3-2-13(26)8-16(15)25/h2-5,8,12,14,18,21H,6-7,9-11H2,1H3,(H,28,29)(H,31,32)/t12?,14?,18?,21-/m0/s1. The van der Waals surface area contributed by atoms with Gasteiger partial charge in [-0.25, -0.2) is 14.2 Å². The minimum absolute atomic E-state index is 0.0273. The zero-order chi connectivity index (χ0) is 25.4. The van der Waals surface area contributed by atoms with E-state index in [0.29, 0.717) is 58.3 Å². The fraction of sp³-hybridized carbons (Fsp3) is 0.417. The molecule has 2 N–H and O–H groups in total. The number of fused-ring (bicyclic) bond motifs is 2. The van der Waals surface area contributed by atoms with Crippen LogP contribution in [-0.4, -0.2) is 71.7 Å². The lowest BCUT2D eigenvalue weighted by Crippen LogP contribution is -2.50. The number of methoxy groups -OCH3 is 1. The van der Waals surface area contributed by atoms with Gasteiger partial charge in [-0.1, -0.05) is 22.0 Å². The van der Waals surface area contributed by atoms with Crippen LogP contribution >= 0.6 is 27.3 Å². The number of aromatic nitrogens is 1. The van der Waals surface area contributed by atoms with Gasteiger partial charge < -0.3 is 19.9 Å². The van der Waals surface area contributed by atoms with Gasteiger partial charge in [0.25, 0.3) is 0 Å². The minimum atomic E-state index is -0.836. The molecule has 9 nitrogen and oxygen atoms in total. The molecule has 0 amide bonds. The van der Waals surface area contributed by atoms with E-state index < -0.39 is 23.8 Å². The third-order valence-electron chi connectivity index (χ3n) is 6.81. The lowest BCUT2D eigenvalue weighted by molar-refractivity contribution is -0.138. The Hall–Kier alpha value is -2.67. The predicted octanol–water partition coefficient (Wildman–Crippen LogP) is 3.13. The van der Waals surface area contributed by atoms with Gasteiger partial charge >= 0.3 is 11.9 Å². The summed E-state index contributed by atoms with van der Waals surface area (Å²) >= 11 is 4.83. The number of morpholine rings is 1. The molecule has 12 heteroatoms. The summed E-state index contributed by atoms with van der Waals surface area (Å²) in [6, 6.07) is 3.43. The topological polar surface area (TPSA) is 113 Å². The summed E-state index contributed by atoms with van der Waals surface area (Å²) in [7, 11) is 1.31. The molecule has 0 saturated carbocycles.